The summed E-state index contributed by atoms with van der Waals surface area (Å²) in [4.78, 5) is 41.7. The first-order valence-corrected chi connectivity index (χ1v) is 8.49. The van der Waals surface area contributed by atoms with E-state index in [0.29, 0.717) is 31.6 Å². The molecule has 10 nitrogen and oxygen atoms in total. The summed E-state index contributed by atoms with van der Waals surface area (Å²) in [5, 5.41) is 14.6. The van der Waals surface area contributed by atoms with E-state index in [1.807, 2.05) is 4.90 Å². The summed E-state index contributed by atoms with van der Waals surface area (Å²) in [6.07, 6.45) is 3.12. The van der Waals surface area contributed by atoms with Crippen LogP contribution in [0.25, 0.3) is 10.8 Å². The van der Waals surface area contributed by atoms with Crippen LogP contribution in [0.15, 0.2) is 30.6 Å². The number of piperazine rings is 1. The van der Waals surface area contributed by atoms with Crippen molar-refractivity contribution in [2.24, 2.45) is 5.73 Å². The molecule has 3 N–H and O–H groups in total. The first-order chi connectivity index (χ1) is 12.9. The Hall–Kier alpha value is -3.27. The molecule has 0 unspecified atom stereocenters. The topological polar surface area (TPSA) is 135 Å². The van der Waals surface area contributed by atoms with Crippen molar-refractivity contribution in [3.8, 4) is 0 Å². The van der Waals surface area contributed by atoms with Gasteiger partial charge >= 0.3 is 6.03 Å². The predicted octanol–water partition coefficient (Wildman–Crippen LogP) is 0.848. The molecule has 2 aromatic rings. The Kier molecular flexibility index (Phi) is 5.17. The van der Waals surface area contributed by atoms with Crippen LogP contribution < -0.4 is 16.0 Å². The number of nitrogens with two attached hydrogens (primary N) is 1. The molecule has 2 heterocycles. The van der Waals surface area contributed by atoms with Crippen LogP contribution in [-0.4, -0.2) is 59.0 Å². The zero-order valence-electron chi connectivity index (χ0n) is 14.8. The number of imide groups is 1. The molecule has 1 aliphatic heterocycles. The van der Waals surface area contributed by atoms with Crippen LogP contribution in [0.2, 0.25) is 0 Å². The van der Waals surface area contributed by atoms with Crippen molar-refractivity contribution in [2.45, 2.75) is 13.0 Å². The first kappa shape index (κ1) is 18.5. The highest BCUT2D eigenvalue weighted by atomic mass is 16.6. The molecule has 3 amide bonds. The Balaban J connectivity index is 1.77. The van der Waals surface area contributed by atoms with Crippen molar-refractivity contribution in [2.75, 3.05) is 31.1 Å². The molecule has 1 saturated heterocycles. The predicted molar refractivity (Wildman–Crippen MR) is 99.4 cm³/mol. The van der Waals surface area contributed by atoms with Crippen molar-refractivity contribution in [1.29, 1.82) is 0 Å². The summed E-state index contributed by atoms with van der Waals surface area (Å²) in [7, 11) is 0. The number of pyridine rings is 1. The Bertz CT molecular complexity index is 894. The maximum Gasteiger partial charge on any atom is 0.318 e. The number of hydrogen-bond acceptors (Lipinski definition) is 7. The van der Waals surface area contributed by atoms with Gasteiger partial charge in [-0.3, -0.25) is 30.1 Å². The van der Waals surface area contributed by atoms with Crippen molar-refractivity contribution in [3.63, 3.8) is 0 Å². The largest absolute Gasteiger partial charge is 0.368 e. The van der Waals surface area contributed by atoms with Crippen LogP contribution in [0.1, 0.15) is 6.92 Å². The minimum atomic E-state index is -0.864. The Morgan fingerprint density at radius 3 is 2.56 bits per heavy atom. The second-order valence-corrected chi connectivity index (χ2v) is 6.33. The van der Waals surface area contributed by atoms with E-state index in [9.17, 15) is 19.7 Å². The summed E-state index contributed by atoms with van der Waals surface area (Å²) in [5.41, 5.74) is 5.91. The molecule has 1 aromatic heterocycles. The number of fused-ring (bicyclic) bond motifs is 1. The number of carbonyl (C=O) groups excluding carboxylic acids is 2. The molecule has 0 spiro atoms. The Morgan fingerprint density at radius 1 is 1.22 bits per heavy atom. The van der Waals surface area contributed by atoms with Crippen LogP contribution in [0.5, 0.6) is 0 Å². The van der Waals surface area contributed by atoms with E-state index in [-0.39, 0.29) is 5.69 Å². The molecule has 0 bridgehead atoms. The lowest BCUT2D eigenvalue weighted by Crippen LogP contribution is -2.55. The zero-order valence-corrected chi connectivity index (χ0v) is 14.8. The number of urea groups is 1. The fourth-order valence-corrected chi connectivity index (χ4v) is 3.34. The van der Waals surface area contributed by atoms with Gasteiger partial charge < -0.3 is 10.6 Å². The van der Waals surface area contributed by atoms with E-state index in [1.165, 1.54) is 12.3 Å². The number of benzene rings is 1. The van der Waals surface area contributed by atoms with Gasteiger partial charge in [0.15, 0.2) is 0 Å². The number of nitrogens with one attached hydrogen (secondary N) is 1. The number of amides is 3. The van der Waals surface area contributed by atoms with Gasteiger partial charge in [0.25, 0.3) is 5.69 Å². The van der Waals surface area contributed by atoms with Crippen molar-refractivity contribution in [3.05, 3.63) is 40.7 Å². The maximum absolute atomic E-state index is 11.9. The van der Waals surface area contributed by atoms with Gasteiger partial charge in [0.1, 0.15) is 0 Å². The van der Waals surface area contributed by atoms with Crippen LogP contribution in [0, 0.1) is 10.1 Å². The minimum absolute atomic E-state index is 0.0252. The molecule has 0 aliphatic carbocycles. The standard InChI is InChI=1S/C17H20N6O4/c1-11(16(24)20-17(18)25)21-6-8-22(9-7-21)14-2-3-15(23(26)27)13-10-19-5-4-12(13)14/h2-5,10-11H,6-9H2,1H3,(H3,18,20,24,25)/t11-/m1/s1. The number of nitrogens with zero attached hydrogens (tertiary/aromatic N) is 4. The van der Waals surface area contributed by atoms with Crippen LogP contribution >= 0.6 is 0 Å². The summed E-state index contributed by atoms with van der Waals surface area (Å²) in [5.74, 6) is -0.428. The molecular formula is C17H20N6O4. The third-order valence-electron chi connectivity index (χ3n) is 4.80. The van der Waals surface area contributed by atoms with Gasteiger partial charge in [-0.2, -0.15) is 0 Å². The molecular weight excluding hydrogens is 352 g/mol. The highest BCUT2D eigenvalue weighted by molar-refractivity contribution is 5.99. The molecule has 0 saturated carbocycles. The lowest BCUT2D eigenvalue weighted by molar-refractivity contribution is -0.383. The number of nitro benzene ring substituents is 1. The van der Waals surface area contributed by atoms with E-state index in [2.05, 4.69) is 15.2 Å². The van der Waals surface area contributed by atoms with Gasteiger partial charge in [0.2, 0.25) is 5.91 Å². The smallest absolute Gasteiger partial charge is 0.318 e. The van der Waals surface area contributed by atoms with E-state index in [0.717, 1.165) is 11.1 Å². The van der Waals surface area contributed by atoms with Gasteiger partial charge in [-0.1, -0.05) is 0 Å². The molecule has 27 heavy (non-hydrogen) atoms. The maximum atomic E-state index is 11.9. The number of aromatic nitrogens is 1. The lowest BCUT2D eigenvalue weighted by atomic mass is 10.1. The van der Waals surface area contributed by atoms with Crippen LogP contribution in [0.4, 0.5) is 16.2 Å². The van der Waals surface area contributed by atoms with Crippen molar-refractivity contribution < 1.29 is 14.5 Å². The number of non-ortho nitro benzene ring substituents is 1. The molecule has 1 fully saturated rings. The summed E-state index contributed by atoms with van der Waals surface area (Å²) < 4.78 is 0. The average Bonchev–Trinajstić information content (AvgIpc) is 2.66. The summed E-state index contributed by atoms with van der Waals surface area (Å²) in [6.45, 7) is 4.22. The van der Waals surface area contributed by atoms with Crippen molar-refractivity contribution in [1.82, 2.24) is 15.2 Å². The van der Waals surface area contributed by atoms with Gasteiger partial charge in [0.05, 0.1) is 16.4 Å². The SMILES string of the molecule is C[C@H](C(=O)NC(N)=O)N1CCN(c2ccc([N+](=O)[O-])c3cnccc23)CC1. The van der Waals surface area contributed by atoms with Crippen LogP contribution in [0.3, 0.4) is 0 Å². The molecule has 3 rings (SSSR count). The fourth-order valence-electron chi connectivity index (χ4n) is 3.34. The van der Waals surface area contributed by atoms with E-state index in [1.54, 1.807) is 25.3 Å². The fraction of sp³-hybridized carbons (Fsp3) is 0.353. The molecule has 10 heteroatoms. The van der Waals surface area contributed by atoms with Crippen molar-refractivity contribution >= 4 is 34.1 Å². The van der Waals surface area contributed by atoms with E-state index >= 15 is 0 Å². The van der Waals surface area contributed by atoms with E-state index in [4.69, 9.17) is 5.73 Å². The quantitative estimate of drug-likeness (QED) is 0.600. The minimum Gasteiger partial charge on any atom is -0.368 e. The number of nitro groups is 1. The summed E-state index contributed by atoms with van der Waals surface area (Å²) >= 11 is 0. The van der Waals surface area contributed by atoms with Gasteiger partial charge in [-0.05, 0) is 19.1 Å². The number of carbonyl (C=O) groups is 2. The third-order valence-corrected chi connectivity index (χ3v) is 4.80. The molecule has 1 aliphatic rings. The molecule has 1 aromatic carbocycles. The highest BCUT2D eigenvalue weighted by Crippen LogP contribution is 2.33. The van der Waals surface area contributed by atoms with Gasteiger partial charge in [-0.25, -0.2) is 4.79 Å². The monoisotopic (exact) mass is 372 g/mol. The second-order valence-electron chi connectivity index (χ2n) is 6.33. The average molecular weight is 372 g/mol. The normalized spacial score (nSPS) is 16.1. The van der Waals surface area contributed by atoms with Gasteiger partial charge in [0, 0.05) is 55.7 Å². The number of rotatable bonds is 4. The number of hydrogen-bond donors (Lipinski definition) is 2. The first-order valence-electron chi connectivity index (χ1n) is 8.49. The number of primary amides is 1. The zero-order chi connectivity index (χ0) is 19.6. The van der Waals surface area contributed by atoms with Crippen LogP contribution in [-0.2, 0) is 4.79 Å². The highest BCUT2D eigenvalue weighted by Gasteiger charge is 2.27. The summed E-state index contributed by atoms with van der Waals surface area (Å²) in [6, 6.07) is 3.68. The number of anilines is 1. The Morgan fingerprint density at radius 2 is 1.93 bits per heavy atom. The van der Waals surface area contributed by atoms with E-state index < -0.39 is 22.9 Å². The lowest BCUT2D eigenvalue weighted by Gasteiger charge is -2.38. The third kappa shape index (κ3) is 3.80. The molecule has 142 valence electrons. The second kappa shape index (κ2) is 7.54. The Labute approximate surface area is 155 Å². The van der Waals surface area contributed by atoms with Gasteiger partial charge in [-0.15, -0.1) is 0 Å². The molecule has 1 atom stereocenters. The molecule has 0 radical (unpaired) electrons.